The molecule has 13 rings (SSSR count). The molecular weight excluding hydrogens is 716 g/mol. The quantitative estimate of drug-likeness (QED) is 0.166. The van der Waals surface area contributed by atoms with Crippen LogP contribution in [0.3, 0.4) is 0 Å². The van der Waals surface area contributed by atoms with Crippen LogP contribution in [-0.2, 0) is 0 Å². The Kier molecular flexibility index (Phi) is 6.74. The van der Waals surface area contributed by atoms with Gasteiger partial charge in [-0.3, -0.25) is 9.80 Å². The van der Waals surface area contributed by atoms with Gasteiger partial charge in [0.1, 0.15) is 0 Å². The van der Waals surface area contributed by atoms with E-state index in [0.29, 0.717) is 0 Å². The van der Waals surface area contributed by atoms with Gasteiger partial charge in [-0.1, -0.05) is 175 Å². The van der Waals surface area contributed by atoms with Crippen molar-refractivity contribution < 1.29 is 4.79 Å². The van der Waals surface area contributed by atoms with Crippen LogP contribution in [0.15, 0.2) is 200 Å². The minimum atomic E-state index is -0.134. The second-order valence-corrected chi connectivity index (χ2v) is 15.9. The number of carbonyl (C=O) groups excluding carboxylic acids is 1. The topological polar surface area (TPSA) is 28.5 Å². The monoisotopic (exact) mass is 749 g/mol. The smallest absolute Gasteiger partial charge is 0.309 e. The Morgan fingerprint density at radius 2 is 0.915 bits per heavy atom. The number of anilines is 4. The normalized spacial score (nSPS) is 13.7. The van der Waals surface area contributed by atoms with Crippen LogP contribution in [0.1, 0.15) is 0 Å². The molecule has 0 atom stereocenters. The van der Waals surface area contributed by atoms with E-state index in [2.05, 4.69) is 215 Å². The van der Waals surface area contributed by atoms with Crippen LogP contribution < -0.4 is 42.6 Å². The lowest BCUT2D eigenvalue weighted by Gasteiger charge is -2.47. The zero-order valence-corrected chi connectivity index (χ0v) is 32.0. The van der Waals surface area contributed by atoms with E-state index in [1.165, 1.54) is 27.2 Å². The van der Waals surface area contributed by atoms with Crippen LogP contribution in [0.5, 0.6) is 0 Å². The molecule has 6 heteroatoms. The zero-order valence-electron chi connectivity index (χ0n) is 32.0. The molecule has 9 aromatic carbocycles. The Morgan fingerprint density at radius 3 is 1.54 bits per heavy atom. The fraction of sp³-hybridized carbons (Fsp3) is 0. The maximum absolute atomic E-state index is 16.1. The SMILES string of the molecule is O=C1N2c3ccccc3B(c3ccccc3)c3c(-c4ccccc4)cc4c(c32)c2c(c3c5ccccc5n(-c5ccccc5)c43)B(c3ccccc3)c3ccccc3N12. The molecule has 0 saturated carbocycles. The van der Waals surface area contributed by atoms with Crippen LogP contribution >= 0.6 is 0 Å². The first-order chi connectivity index (χ1) is 29.3. The molecule has 59 heavy (non-hydrogen) atoms. The van der Waals surface area contributed by atoms with Crippen molar-refractivity contribution in [2.75, 3.05) is 9.80 Å². The summed E-state index contributed by atoms with van der Waals surface area (Å²) >= 11 is 0. The van der Waals surface area contributed by atoms with Crippen molar-refractivity contribution in [1.82, 2.24) is 4.57 Å². The van der Waals surface area contributed by atoms with Crippen LogP contribution in [0.4, 0.5) is 27.5 Å². The van der Waals surface area contributed by atoms with Gasteiger partial charge in [0.25, 0.3) is 0 Å². The Morgan fingerprint density at radius 1 is 0.424 bits per heavy atom. The van der Waals surface area contributed by atoms with E-state index >= 15 is 4.79 Å². The van der Waals surface area contributed by atoms with Gasteiger partial charge in [0.15, 0.2) is 0 Å². The minimum absolute atomic E-state index is 0.0596. The summed E-state index contributed by atoms with van der Waals surface area (Å²) in [4.78, 5) is 20.2. The average molecular weight is 749 g/mol. The molecule has 2 amide bonds. The molecular formula is C53H33B2N3O. The Labute approximate surface area is 342 Å². The summed E-state index contributed by atoms with van der Waals surface area (Å²) in [5.41, 5.74) is 16.4. The number of aromatic nitrogens is 1. The summed E-state index contributed by atoms with van der Waals surface area (Å²) in [5.74, 6) is 0. The maximum atomic E-state index is 16.1. The van der Waals surface area contributed by atoms with Crippen LogP contribution in [0.2, 0.25) is 0 Å². The van der Waals surface area contributed by atoms with Gasteiger partial charge in [0.05, 0.1) is 22.4 Å². The van der Waals surface area contributed by atoms with Crippen molar-refractivity contribution in [3.8, 4) is 16.8 Å². The number of fused-ring (bicyclic) bond motifs is 9. The van der Waals surface area contributed by atoms with Crippen LogP contribution in [0, 0.1) is 0 Å². The third-order valence-corrected chi connectivity index (χ3v) is 13.0. The Bertz CT molecular complexity index is 3370. The summed E-state index contributed by atoms with van der Waals surface area (Å²) in [6, 6.07) is 71.6. The molecule has 3 aliphatic heterocycles. The van der Waals surface area contributed by atoms with Gasteiger partial charge in [-0.15, -0.1) is 0 Å². The fourth-order valence-electron chi connectivity index (χ4n) is 10.8. The molecule has 10 aromatic rings. The van der Waals surface area contributed by atoms with E-state index < -0.39 is 0 Å². The van der Waals surface area contributed by atoms with E-state index in [4.69, 9.17) is 0 Å². The lowest BCUT2D eigenvalue weighted by atomic mass is 9.33. The summed E-state index contributed by atoms with van der Waals surface area (Å²) in [6.45, 7) is -0.255. The molecule has 0 unspecified atom stereocenters. The predicted octanol–water partition coefficient (Wildman–Crippen LogP) is 8.67. The lowest BCUT2D eigenvalue weighted by molar-refractivity contribution is 0.255. The van der Waals surface area contributed by atoms with E-state index in [0.717, 1.165) is 77.8 Å². The van der Waals surface area contributed by atoms with Gasteiger partial charge in [-0.2, -0.15) is 0 Å². The lowest BCUT2D eigenvalue weighted by Crippen LogP contribution is -2.64. The van der Waals surface area contributed by atoms with Crippen LogP contribution in [0.25, 0.3) is 49.4 Å². The standard InChI is InChI=1S/C53H33B2N3O/c59-53-57-44-31-17-14-28-41(44)54(35-21-7-2-8-22-35)48-39(34-19-5-1-6-20-34)33-40-47(51(48)57)52-49(55(36-23-9-3-10-24-36)42-29-15-18-32-45(42)58(52)53)46-38-27-13-16-30-43(38)56(50(40)46)37-25-11-4-12-26-37/h1-33H. The second-order valence-electron chi connectivity index (χ2n) is 15.9. The molecule has 0 fully saturated rings. The number of amides is 2. The highest BCUT2D eigenvalue weighted by molar-refractivity contribution is 7.01. The van der Waals surface area contributed by atoms with Gasteiger partial charge in [-0.05, 0) is 69.4 Å². The van der Waals surface area contributed by atoms with Crippen molar-refractivity contribution in [2.45, 2.75) is 0 Å². The van der Waals surface area contributed by atoms with E-state index in [9.17, 15) is 0 Å². The second kappa shape index (κ2) is 12.2. The van der Waals surface area contributed by atoms with Gasteiger partial charge < -0.3 is 4.57 Å². The first kappa shape index (κ1) is 32.5. The first-order valence-corrected chi connectivity index (χ1v) is 20.4. The van der Waals surface area contributed by atoms with Gasteiger partial charge >= 0.3 is 6.03 Å². The number of para-hydroxylation sites is 4. The van der Waals surface area contributed by atoms with Crippen molar-refractivity contribution in [3.63, 3.8) is 0 Å². The molecule has 1 aromatic heterocycles. The van der Waals surface area contributed by atoms with Crippen molar-refractivity contribution in [2.24, 2.45) is 0 Å². The summed E-state index contributed by atoms with van der Waals surface area (Å²) in [5, 5.41) is 4.57. The largest absolute Gasteiger partial charge is 0.338 e. The predicted molar refractivity (Wildman–Crippen MR) is 248 cm³/mol. The Balaban J connectivity index is 1.34. The molecule has 272 valence electrons. The molecule has 4 nitrogen and oxygen atoms in total. The number of carbonyl (C=O) groups is 1. The summed E-state index contributed by atoms with van der Waals surface area (Å²) in [7, 11) is 0. The van der Waals surface area contributed by atoms with Gasteiger partial charge in [0, 0.05) is 38.6 Å². The first-order valence-electron chi connectivity index (χ1n) is 20.4. The molecule has 4 heterocycles. The number of urea groups is 1. The van der Waals surface area contributed by atoms with Gasteiger partial charge in [0.2, 0.25) is 13.4 Å². The third-order valence-electron chi connectivity index (χ3n) is 13.0. The number of hydrogen-bond acceptors (Lipinski definition) is 1. The maximum Gasteiger partial charge on any atom is 0.338 e. The fourth-order valence-corrected chi connectivity index (χ4v) is 10.8. The van der Waals surface area contributed by atoms with Crippen molar-refractivity contribution in [1.29, 1.82) is 0 Å². The van der Waals surface area contributed by atoms with Crippen molar-refractivity contribution >= 4 is 108 Å². The van der Waals surface area contributed by atoms with E-state index in [-0.39, 0.29) is 19.5 Å². The molecule has 0 spiro atoms. The van der Waals surface area contributed by atoms with Crippen molar-refractivity contribution in [3.05, 3.63) is 200 Å². The average Bonchev–Trinajstić information content (AvgIpc) is 3.66. The number of benzene rings is 9. The number of rotatable bonds is 4. The molecule has 0 aliphatic carbocycles. The molecule has 0 saturated heterocycles. The highest BCUT2D eigenvalue weighted by atomic mass is 16.2. The summed E-state index contributed by atoms with van der Waals surface area (Å²) < 4.78 is 2.47. The highest BCUT2D eigenvalue weighted by Crippen LogP contribution is 2.52. The zero-order chi connectivity index (χ0) is 38.8. The van der Waals surface area contributed by atoms with Gasteiger partial charge in [-0.25, -0.2) is 4.79 Å². The third kappa shape index (κ3) is 4.32. The highest BCUT2D eigenvalue weighted by Gasteiger charge is 2.50. The molecule has 0 bridgehead atoms. The summed E-state index contributed by atoms with van der Waals surface area (Å²) in [6.07, 6.45) is 0. The molecule has 3 aliphatic rings. The molecule has 0 N–H and O–H groups in total. The number of hydrogen-bond donors (Lipinski definition) is 0. The van der Waals surface area contributed by atoms with E-state index in [1.54, 1.807) is 0 Å². The Hall–Kier alpha value is -7.56. The van der Waals surface area contributed by atoms with Crippen LogP contribution in [-0.4, -0.2) is 24.0 Å². The minimum Gasteiger partial charge on any atom is -0.309 e. The molecule has 0 radical (unpaired) electrons. The number of nitrogens with zero attached hydrogens (tertiary/aromatic N) is 3. The van der Waals surface area contributed by atoms with E-state index in [1.807, 2.05) is 0 Å².